The molecule has 1 aromatic rings. The molecule has 0 amide bonds. The van der Waals surface area contributed by atoms with Gasteiger partial charge in [0, 0.05) is 42.8 Å². The van der Waals surface area contributed by atoms with Crippen molar-refractivity contribution < 1.29 is 0 Å². The van der Waals surface area contributed by atoms with Crippen LogP contribution in [0, 0.1) is 5.92 Å². The van der Waals surface area contributed by atoms with Crippen LogP contribution < -0.4 is 10.6 Å². The third kappa shape index (κ3) is 2.05. The SMILES string of the molecule is CC1CCCN(c2ccncc2CN)C1C. The molecular formula is C13H21N3. The van der Waals surface area contributed by atoms with E-state index in [1.165, 1.54) is 18.5 Å². The fraction of sp³-hybridized carbons (Fsp3) is 0.615. The van der Waals surface area contributed by atoms with E-state index in [1.54, 1.807) is 0 Å². The standard InChI is InChI=1S/C13H21N3/c1-10-4-3-7-16(11(10)2)13-5-6-15-9-12(13)8-14/h5-6,9-11H,3-4,7-8,14H2,1-2H3. The van der Waals surface area contributed by atoms with Crippen molar-refractivity contribution in [2.45, 2.75) is 39.3 Å². The lowest BCUT2D eigenvalue weighted by atomic mass is 9.91. The van der Waals surface area contributed by atoms with Gasteiger partial charge in [-0.05, 0) is 31.7 Å². The Balaban J connectivity index is 2.28. The number of anilines is 1. The highest BCUT2D eigenvalue weighted by molar-refractivity contribution is 5.53. The maximum atomic E-state index is 5.77. The molecule has 2 heterocycles. The Hall–Kier alpha value is -1.09. The Morgan fingerprint density at radius 1 is 1.50 bits per heavy atom. The molecule has 3 nitrogen and oxygen atoms in total. The van der Waals surface area contributed by atoms with Crippen LogP contribution in [0.5, 0.6) is 0 Å². The molecule has 2 atom stereocenters. The summed E-state index contributed by atoms with van der Waals surface area (Å²) in [5, 5.41) is 0. The monoisotopic (exact) mass is 219 g/mol. The lowest BCUT2D eigenvalue weighted by Gasteiger charge is -2.40. The first-order valence-corrected chi connectivity index (χ1v) is 6.13. The summed E-state index contributed by atoms with van der Waals surface area (Å²) in [4.78, 5) is 6.63. The van der Waals surface area contributed by atoms with Crippen molar-refractivity contribution in [3.63, 3.8) is 0 Å². The molecule has 1 aromatic heterocycles. The van der Waals surface area contributed by atoms with Crippen molar-refractivity contribution in [3.05, 3.63) is 24.0 Å². The number of piperidine rings is 1. The Bertz CT molecular complexity index is 351. The van der Waals surface area contributed by atoms with E-state index < -0.39 is 0 Å². The molecule has 88 valence electrons. The van der Waals surface area contributed by atoms with Crippen LogP contribution in [-0.4, -0.2) is 17.6 Å². The van der Waals surface area contributed by atoms with Crippen LogP contribution in [0.3, 0.4) is 0 Å². The number of hydrogen-bond donors (Lipinski definition) is 1. The number of nitrogens with zero attached hydrogens (tertiary/aromatic N) is 2. The van der Waals surface area contributed by atoms with Crippen LogP contribution in [0.25, 0.3) is 0 Å². The average Bonchev–Trinajstić information content (AvgIpc) is 2.33. The Morgan fingerprint density at radius 2 is 2.31 bits per heavy atom. The first-order chi connectivity index (χ1) is 7.74. The van der Waals surface area contributed by atoms with Crippen LogP contribution in [-0.2, 0) is 6.54 Å². The van der Waals surface area contributed by atoms with E-state index in [2.05, 4.69) is 29.8 Å². The minimum absolute atomic E-state index is 0.570. The number of nitrogens with two attached hydrogens (primary N) is 1. The molecule has 0 spiro atoms. The van der Waals surface area contributed by atoms with Gasteiger partial charge in [0.1, 0.15) is 0 Å². The van der Waals surface area contributed by atoms with Gasteiger partial charge in [-0.25, -0.2) is 0 Å². The van der Waals surface area contributed by atoms with Crippen LogP contribution in [0.1, 0.15) is 32.3 Å². The van der Waals surface area contributed by atoms with Crippen LogP contribution in [0.4, 0.5) is 5.69 Å². The minimum Gasteiger partial charge on any atom is -0.368 e. The van der Waals surface area contributed by atoms with Gasteiger partial charge in [0.15, 0.2) is 0 Å². The summed E-state index contributed by atoms with van der Waals surface area (Å²) in [6, 6.07) is 2.69. The van der Waals surface area contributed by atoms with Gasteiger partial charge in [-0.2, -0.15) is 0 Å². The van der Waals surface area contributed by atoms with Gasteiger partial charge in [-0.15, -0.1) is 0 Å². The normalized spacial score (nSPS) is 25.8. The summed E-state index contributed by atoms with van der Waals surface area (Å²) in [6.45, 7) is 6.36. The predicted molar refractivity (Wildman–Crippen MR) is 67.3 cm³/mol. The molecule has 0 aliphatic carbocycles. The van der Waals surface area contributed by atoms with Gasteiger partial charge >= 0.3 is 0 Å². The predicted octanol–water partition coefficient (Wildman–Crippen LogP) is 2.17. The van der Waals surface area contributed by atoms with Crippen molar-refractivity contribution in [1.82, 2.24) is 4.98 Å². The van der Waals surface area contributed by atoms with E-state index in [0.29, 0.717) is 12.6 Å². The molecule has 1 fully saturated rings. The molecular weight excluding hydrogens is 198 g/mol. The van der Waals surface area contributed by atoms with Crippen molar-refractivity contribution in [2.24, 2.45) is 11.7 Å². The lowest BCUT2D eigenvalue weighted by molar-refractivity contribution is 0.363. The van der Waals surface area contributed by atoms with E-state index in [1.807, 2.05) is 12.4 Å². The molecule has 0 radical (unpaired) electrons. The largest absolute Gasteiger partial charge is 0.368 e. The van der Waals surface area contributed by atoms with Gasteiger partial charge in [0.05, 0.1) is 0 Å². The van der Waals surface area contributed by atoms with Crippen molar-refractivity contribution in [1.29, 1.82) is 0 Å². The van der Waals surface area contributed by atoms with Crippen LogP contribution >= 0.6 is 0 Å². The summed E-state index contributed by atoms with van der Waals surface area (Å²) in [5.41, 5.74) is 8.20. The second-order valence-corrected chi connectivity index (χ2v) is 4.76. The van der Waals surface area contributed by atoms with Gasteiger partial charge in [0.25, 0.3) is 0 Å². The molecule has 2 unspecified atom stereocenters. The summed E-state index contributed by atoms with van der Waals surface area (Å²) in [7, 11) is 0. The number of hydrogen-bond acceptors (Lipinski definition) is 3. The minimum atomic E-state index is 0.570. The Labute approximate surface area is 97.7 Å². The highest BCUT2D eigenvalue weighted by Crippen LogP contribution is 2.30. The van der Waals surface area contributed by atoms with Gasteiger partial charge in [0.2, 0.25) is 0 Å². The molecule has 2 rings (SSSR count). The zero-order valence-electron chi connectivity index (χ0n) is 10.2. The molecule has 0 aromatic carbocycles. The first kappa shape index (κ1) is 11.4. The van der Waals surface area contributed by atoms with E-state index in [4.69, 9.17) is 5.73 Å². The molecule has 16 heavy (non-hydrogen) atoms. The third-order valence-corrected chi connectivity index (χ3v) is 3.78. The summed E-state index contributed by atoms with van der Waals surface area (Å²) in [6.07, 6.45) is 6.36. The Morgan fingerprint density at radius 3 is 3.06 bits per heavy atom. The van der Waals surface area contributed by atoms with Crippen LogP contribution in [0.2, 0.25) is 0 Å². The van der Waals surface area contributed by atoms with Crippen molar-refractivity contribution >= 4 is 5.69 Å². The van der Waals surface area contributed by atoms with E-state index >= 15 is 0 Å². The maximum Gasteiger partial charge on any atom is 0.0445 e. The van der Waals surface area contributed by atoms with Crippen molar-refractivity contribution in [2.75, 3.05) is 11.4 Å². The second kappa shape index (κ2) is 4.83. The zero-order valence-corrected chi connectivity index (χ0v) is 10.2. The van der Waals surface area contributed by atoms with Gasteiger partial charge in [-0.1, -0.05) is 6.92 Å². The lowest BCUT2D eigenvalue weighted by Crippen LogP contribution is -2.43. The fourth-order valence-corrected chi connectivity index (χ4v) is 2.53. The summed E-state index contributed by atoms with van der Waals surface area (Å²) in [5.74, 6) is 0.757. The Kier molecular flexibility index (Phi) is 3.44. The van der Waals surface area contributed by atoms with E-state index in [-0.39, 0.29) is 0 Å². The van der Waals surface area contributed by atoms with Crippen molar-refractivity contribution in [3.8, 4) is 0 Å². The topological polar surface area (TPSA) is 42.2 Å². The molecule has 2 N–H and O–H groups in total. The maximum absolute atomic E-state index is 5.77. The molecule has 1 saturated heterocycles. The molecule has 1 aliphatic heterocycles. The average molecular weight is 219 g/mol. The summed E-state index contributed by atoms with van der Waals surface area (Å²) >= 11 is 0. The van der Waals surface area contributed by atoms with Crippen LogP contribution in [0.15, 0.2) is 18.5 Å². The number of rotatable bonds is 2. The smallest absolute Gasteiger partial charge is 0.0445 e. The molecule has 0 saturated carbocycles. The number of pyridine rings is 1. The second-order valence-electron chi connectivity index (χ2n) is 4.76. The highest BCUT2D eigenvalue weighted by Gasteiger charge is 2.25. The third-order valence-electron chi connectivity index (χ3n) is 3.78. The molecule has 1 aliphatic rings. The molecule has 0 bridgehead atoms. The molecule has 3 heteroatoms. The van der Waals surface area contributed by atoms with E-state index in [9.17, 15) is 0 Å². The quantitative estimate of drug-likeness (QED) is 0.829. The first-order valence-electron chi connectivity index (χ1n) is 6.13. The zero-order chi connectivity index (χ0) is 11.5. The van der Waals surface area contributed by atoms with Gasteiger partial charge < -0.3 is 10.6 Å². The number of aromatic nitrogens is 1. The van der Waals surface area contributed by atoms with Gasteiger partial charge in [-0.3, -0.25) is 4.98 Å². The summed E-state index contributed by atoms with van der Waals surface area (Å²) < 4.78 is 0. The van der Waals surface area contributed by atoms with E-state index in [0.717, 1.165) is 18.0 Å². The fourth-order valence-electron chi connectivity index (χ4n) is 2.53. The highest BCUT2D eigenvalue weighted by atomic mass is 15.2.